The highest BCUT2D eigenvalue weighted by atomic mass is 14.9. The van der Waals surface area contributed by atoms with Gasteiger partial charge in [0.15, 0.2) is 5.69 Å². The average Bonchev–Trinajstić information content (AvgIpc) is 3.41. The van der Waals surface area contributed by atoms with E-state index >= 15 is 0 Å². The van der Waals surface area contributed by atoms with Gasteiger partial charge in [-0.2, -0.15) is 4.57 Å². The quantitative estimate of drug-likeness (QED) is 0.283. The molecule has 33 heavy (non-hydrogen) atoms. The van der Waals surface area contributed by atoms with Crippen LogP contribution in [0.3, 0.4) is 0 Å². The SMILES string of the molecule is Cc1cc2c(cc1-c1c3ccc(C4CCCC4)cc3cc(C)[n+]1C)C(C)(C)c1ccccc1-2. The third kappa shape index (κ3) is 3.01. The first-order valence-electron chi connectivity index (χ1n) is 12.5. The summed E-state index contributed by atoms with van der Waals surface area (Å²) in [5, 5.41) is 2.74. The second-order valence-corrected chi connectivity index (χ2v) is 10.9. The number of benzene rings is 3. The molecule has 0 amide bonds. The van der Waals surface area contributed by atoms with Gasteiger partial charge in [0.25, 0.3) is 0 Å². The minimum atomic E-state index is 0.0161. The van der Waals surface area contributed by atoms with Crippen LogP contribution in [-0.2, 0) is 12.5 Å². The number of aromatic nitrogens is 1. The monoisotopic (exact) mass is 432 g/mol. The van der Waals surface area contributed by atoms with Crippen molar-refractivity contribution in [3.63, 3.8) is 0 Å². The largest absolute Gasteiger partial charge is 0.220 e. The Hall–Kier alpha value is -2.93. The van der Waals surface area contributed by atoms with Crippen LogP contribution in [0.15, 0.2) is 60.7 Å². The van der Waals surface area contributed by atoms with E-state index in [1.54, 1.807) is 0 Å². The molecule has 0 aliphatic heterocycles. The van der Waals surface area contributed by atoms with Crippen LogP contribution in [0.25, 0.3) is 33.2 Å². The van der Waals surface area contributed by atoms with Gasteiger partial charge in [-0.05, 0) is 76.6 Å². The van der Waals surface area contributed by atoms with Crippen molar-refractivity contribution >= 4 is 10.8 Å². The van der Waals surface area contributed by atoms with E-state index in [0.29, 0.717) is 0 Å². The predicted octanol–water partition coefficient (Wildman–Crippen LogP) is 7.91. The van der Waals surface area contributed by atoms with Crippen LogP contribution in [0.4, 0.5) is 0 Å². The Morgan fingerprint density at radius 3 is 2.33 bits per heavy atom. The molecule has 1 nitrogen and oxygen atoms in total. The first-order valence-corrected chi connectivity index (χ1v) is 12.5. The number of pyridine rings is 1. The molecule has 1 heterocycles. The number of rotatable bonds is 2. The van der Waals surface area contributed by atoms with Gasteiger partial charge in [0, 0.05) is 18.4 Å². The molecule has 0 spiro atoms. The third-order valence-electron chi connectivity index (χ3n) is 8.57. The van der Waals surface area contributed by atoms with Crippen LogP contribution in [0.2, 0.25) is 0 Å². The van der Waals surface area contributed by atoms with Gasteiger partial charge in [-0.3, -0.25) is 0 Å². The lowest BCUT2D eigenvalue weighted by Crippen LogP contribution is -2.35. The van der Waals surface area contributed by atoms with E-state index in [1.165, 1.54) is 86.8 Å². The molecule has 166 valence electrons. The van der Waals surface area contributed by atoms with Crippen molar-refractivity contribution in [1.82, 2.24) is 0 Å². The van der Waals surface area contributed by atoms with Crippen LogP contribution < -0.4 is 4.57 Å². The fourth-order valence-electron chi connectivity index (χ4n) is 6.55. The first kappa shape index (κ1) is 20.7. The lowest BCUT2D eigenvalue weighted by atomic mass is 9.81. The van der Waals surface area contributed by atoms with Gasteiger partial charge >= 0.3 is 0 Å². The van der Waals surface area contributed by atoms with E-state index < -0.39 is 0 Å². The van der Waals surface area contributed by atoms with Crippen molar-refractivity contribution in [2.75, 3.05) is 0 Å². The van der Waals surface area contributed by atoms with Crippen LogP contribution in [0.5, 0.6) is 0 Å². The van der Waals surface area contributed by atoms with Gasteiger partial charge in [-0.15, -0.1) is 0 Å². The van der Waals surface area contributed by atoms with Crippen LogP contribution in [-0.4, -0.2) is 0 Å². The molecule has 6 rings (SSSR count). The molecule has 3 aromatic carbocycles. The predicted molar refractivity (Wildman–Crippen MR) is 139 cm³/mol. The van der Waals surface area contributed by atoms with E-state index in [-0.39, 0.29) is 5.41 Å². The molecule has 0 atom stereocenters. The summed E-state index contributed by atoms with van der Waals surface area (Å²) in [6, 6.07) is 23.5. The van der Waals surface area contributed by atoms with Crippen molar-refractivity contribution < 1.29 is 4.57 Å². The van der Waals surface area contributed by atoms with Gasteiger partial charge < -0.3 is 0 Å². The molecular formula is C32H34N+. The summed E-state index contributed by atoms with van der Waals surface area (Å²) in [6.45, 7) is 9.27. The van der Waals surface area contributed by atoms with Crippen molar-refractivity contribution in [2.45, 2.75) is 64.7 Å². The summed E-state index contributed by atoms with van der Waals surface area (Å²) in [5.41, 5.74) is 12.6. The van der Waals surface area contributed by atoms with Gasteiger partial charge in [-0.1, -0.05) is 69.2 Å². The molecule has 2 aliphatic carbocycles. The lowest BCUT2D eigenvalue weighted by molar-refractivity contribution is -0.665. The smallest absolute Gasteiger partial charge is 0.198 e. The second kappa shape index (κ2) is 7.29. The third-order valence-corrected chi connectivity index (χ3v) is 8.57. The van der Waals surface area contributed by atoms with E-state index in [0.717, 1.165) is 5.92 Å². The van der Waals surface area contributed by atoms with Crippen LogP contribution in [0.1, 0.15) is 73.4 Å². The number of fused-ring (bicyclic) bond motifs is 4. The zero-order valence-corrected chi connectivity index (χ0v) is 20.6. The van der Waals surface area contributed by atoms with Crippen LogP contribution >= 0.6 is 0 Å². The number of hydrogen-bond donors (Lipinski definition) is 0. The molecule has 0 unspecified atom stereocenters. The summed E-state index contributed by atoms with van der Waals surface area (Å²) >= 11 is 0. The molecule has 1 saturated carbocycles. The van der Waals surface area contributed by atoms with Gasteiger partial charge in [0.2, 0.25) is 5.69 Å². The fourth-order valence-corrected chi connectivity index (χ4v) is 6.55. The minimum Gasteiger partial charge on any atom is -0.198 e. The standard InChI is InChI=1S/C32H34N/c1-20-16-28-26-12-8-9-13-29(26)32(3,4)30(28)19-27(20)31-25-15-14-23(22-10-6-7-11-22)18-24(25)17-21(2)33(31)5/h8-9,12-19,22H,6-7,10-11H2,1-5H3/q+1. The number of aryl methyl sites for hydroxylation is 2. The zero-order chi connectivity index (χ0) is 22.9. The Labute approximate surface area is 198 Å². The van der Waals surface area contributed by atoms with E-state index in [9.17, 15) is 0 Å². The van der Waals surface area contributed by atoms with E-state index in [4.69, 9.17) is 0 Å². The molecule has 1 heteroatoms. The summed E-state index contributed by atoms with van der Waals surface area (Å²) in [6.07, 6.45) is 5.45. The maximum Gasteiger partial charge on any atom is 0.220 e. The average molecular weight is 433 g/mol. The van der Waals surface area contributed by atoms with Gasteiger partial charge in [0.05, 0.1) is 10.9 Å². The lowest BCUT2D eigenvalue weighted by Gasteiger charge is -2.22. The van der Waals surface area contributed by atoms with Crippen molar-refractivity contribution in [2.24, 2.45) is 7.05 Å². The molecule has 0 bridgehead atoms. The minimum absolute atomic E-state index is 0.0161. The Bertz CT molecular complexity index is 1420. The topological polar surface area (TPSA) is 3.88 Å². The molecule has 0 N–H and O–H groups in total. The van der Waals surface area contributed by atoms with Crippen molar-refractivity contribution in [3.8, 4) is 22.4 Å². The summed E-state index contributed by atoms with van der Waals surface area (Å²) in [5.74, 6) is 0.744. The highest BCUT2D eigenvalue weighted by Crippen LogP contribution is 2.50. The van der Waals surface area contributed by atoms with Crippen molar-refractivity contribution in [3.05, 3.63) is 88.6 Å². The summed E-state index contributed by atoms with van der Waals surface area (Å²) in [4.78, 5) is 0. The Balaban J connectivity index is 1.58. The number of hydrogen-bond acceptors (Lipinski definition) is 0. The van der Waals surface area contributed by atoms with Crippen molar-refractivity contribution in [1.29, 1.82) is 0 Å². The highest BCUT2D eigenvalue weighted by molar-refractivity contribution is 5.95. The summed E-state index contributed by atoms with van der Waals surface area (Å²) < 4.78 is 2.39. The van der Waals surface area contributed by atoms with Gasteiger partial charge in [-0.25, -0.2) is 0 Å². The molecule has 0 saturated heterocycles. The second-order valence-electron chi connectivity index (χ2n) is 10.9. The van der Waals surface area contributed by atoms with E-state index in [1.807, 2.05) is 0 Å². The summed E-state index contributed by atoms with van der Waals surface area (Å²) in [7, 11) is 2.22. The first-order chi connectivity index (χ1) is 15.9. The Morgan fingerprint density at radius 1 is 0.788 bits per heavy atom. The molecule has 2 aliphatic rings. The molecule has 4 aromatic rings. The molecule has 0 radical (unpaired) electrons. The highest BCUT2D eigenvalue weighted by Gasteiger charge is 2.36. The van der Waals surface area contributed by atoms with E-state index in [2.05, 4.69) is 100.0 Å². The molecule has 1 aromatic heterocycles. The molecular weight excluding hydrogens is 398 g/mol. The zero-order valence-electron chi connectivity index (χ0n) is 20.6. The maximum atomic E-state index is 2.49. The van der Waals surface area contributed by atoms with Gasteiger partial charge in [0.1, 0.15) is 7.05 Å². The number of nitrogens with zero attached hydrogens (tertiary/aromatic N) is 1. The Kier molecular flexibility index (Phi) is 4.56. The fraction of sp³-hybridized carbons (Fsp3) is 0.344. The van der Waals surface area contributed by atoms with Crippen LogP contribution in [0, 0.1) is 13.8 Å². The maximum absolute atomic E-state index is 2.49. The normalized spacial score (nSPS) is 16.9. The Morgan fingerprint density at radius 2 is 1.55 bits per heavy atom. The molecule has 1 fully saturated rings.